The van der Waals surface area contributed by atoms with Gasteiger partial charge in [-0.05, 0) is 17.7 Å². The van der Waals surface area contributed by atoms with E-state index in [9.17, 15) is 13.2 Å². The van der Waals surface area contributed by atoms with E-state index >= 15 is 0 Å². The van der Waals surface area contributed by atoms with E-state index in [4.69, 9.17) is 10.2 Å². The summed E-state index contributed by atoms with van der Waals surface area (Å²) < 4.78 is 21.2. The van der Waals surface area contributed by atoms with Crippen LogP contribution >= 0.6 is 0 Å². The normalized spacial score (nSPS) is 11.3. The summed E-state index contributed by atoms with van der Waals surface area (Å²) in [5, 5.41) is 13.7. The van der Waals surface area contributed by atoms with Gasteiger partial charge < -0.3 is 5.11 Å². The highest BCUT2D eigenvalue weighted by Crippen LogP contribution is 2.10. The minimum absolute atomic E-state index is 0.00326. The third-order valence-electron chi connectivity index (χ3n) is 1.70. The van der Waals surface area contributed by atoms with Gasteiger partial charge in [0.1, 0.15) is 11.5 Å². The van der Waals surface area contributed by atoms with Crippen molar-refractivity contribution in [3.63, 3.8) is 0 Å². The minimum atomic E-state index is -3.75. The van der Waals surface area contributed by atoms with Gasteiger partial charge in [-0.15, -0.1) is 0 Å². The zero-order chi connectivity index (χ0) is 11.5. The van der Waals surface area contributed by atoms with Gasteiger partial charge in [-0.3, -0.25) is 4.79 Å². The number of phenolic OH excluding ortho intramolecular Hbond substituents is 1. The molecular weight excluding hydrogens is 218 g/mol. The van der Waals surface area contributed by atoms with Crippen LogP contribution in [0.1, 0.15) is 5.56 Å². The van der Waals surface area contributed by atoms with Crippen LogP contribution in [-0.2, 0) is 21.2 Å². The number of primary sulfonamides is 1. The zero-order valence-corrected chi connectivity index (χ0v) is 8.70. The average molecular weight is 229 g/mol. The molecule has 82 valence electrons. The van der Waals surface area contributed by atoms with Gasteiger partial charge in [0.15, 0.2) is 5.78 Å². The molecule has 0 aliphatic carbocycles. The highest BCUT2D eigenvalue weighted by atomic mass is 32.2. The Morgan fingerprint density at radius 1 is 1.27 bits per heavy atom. The summed E-state index contributed by atoms with van der Waals surface area (Å²) in [6.07, 6.45) is -0.00326. The number of hydrogen-bond acceptors (Lipinski definition) is 4. The molecule has 15 heavy (non-hydrogen) atoms. The van der Waals surface area contributed by atoms with Gasteiger partial charge in [0.05, 0.1) is 0 Å². The summed E-state index contributed by atoms with van der Waals surface area (Å²) >= 11 is 0. The number of carbonyl (C=O) groups excluding carboxylic acids is 1. The van der Waals surface area contributed by atoms with Crippen molar-refractivity contribution in [1.29, 1.82) is 0 Å². The van der Waals surface area contributed by atoms with Gasteiger partial charge in [-0.1, -0.05) is 12.1 Å². The lowest BCUT2D eigenvalue weighted by Gasteiger charge is -2.00. The summed E-state index contributed by atoms with van der Waals surface area (Å²) in [6.45, 7) is 0. The van der Waals surface area contributed by atoms with Crippen molar-refractivity contribution in [2.45, 2.75) is 6.42 Å². The summed E-state index contributed by atoms with van der Waals surface area (Å²) in [6, 6.07) is 5.96. The number of sulfonamides is 1. The predicted octanol–water partition coefficient (Wildman–Crippen LogP) is -0.208. The molecule has 0 aromatic heterocycles. The molecule has 0 heterocycles. The van der Waals surface area contributed by atoms with E-state index < -0.39 is 21.6 Å². The highest BCUT2D eigenvalue weighted by Gasteiger charge is 2.11. The van der Waals surface area contributed by atoms with E-state index in [-0.39, 0.29) is 12.2 Å². The van der Waals surface area contributed by atoms with Gasteiger partial charge in [-0.2, -0.15) is 0 Å². The molecular formula is C9H11NO4S. The number of Topliss-reactive ketones (excluding diaryl/α,β-unsaturated/α-hetero) is 1. The molecule has 0 spiro atoms. The third-order valence-corrected chi connectivity index (χ3v) is 2.42. The standard InChI is InChI=1S/C9H11NO4S/c10-15(13,14)6-9(12)5-7-1-3-8(11)4-2-7/h1-4,11H,5-6H2,(H2,10,13,14). The lowest BCUT2D eigenvalue weighted by atomic mass is 10.1. The molecule has 0 atom stereocenters. The van der Waals surface area contributed by atoms with Crippen molar-refractivity contribution in [3.8, 4) is 5.75 Å². The highest BCUT2D eigenvalue weighted by molar-refractivity contribution is 7.89. The molecule has 6 heteroatoms. The van der Waals surface area contributed by atoms with E-state index in [1.165, 1.54) is 12.1 Å². The van der Waals surface area contributed by atoms with Crippen LogP contribution in [0.5, 0.6) is 5.75 Å². The van der Waals surface area contributed by atoms with E-state index in [2.05, 4.69) is 0 Å². The molecule has 0 amide bonds. The van der Waals surface area contributed by atoms with Crippen molar-refractivity contribution in [2.75, 3.05) is 5.75 Å². The van der Waals surface area contributed by atoms with Crippen LogP contribution < -0.4 is 5.14 Å². The maximum Gasteiger partial charge on any atom is 0.216 e. The Morgan fingerprint density at radius 2 is 1.80 bits per heavy atom. The third kappa shape index (κ3) is 4.57. The minimum Gasteiger partial charge on any atom is -0.508 e. The van der Waals surface area contributed by atoms with E-state index in [0.717, 1.165) is 0 Å². The zero-order valence-electron chi connectivity index (χ0n) is 7.88. The SMILES string of the molecule is NS(=O)(=O)CC(=O)Cc1ccc(O)cc1. The molecule has 3 N–H and O–H groups in total. The molecule has 1 rings (SSSR count). The second-order valence-corrected chi connectivity index (χ2v) is 4.80. The second kappa shape index (κ2) is 4.41. The van der Waals surface area contributed by atoms with Crippen LogP contribution in [0.2, 0.25) is 0 Å². The molecule has 0 saturated heterocycles. The summed E-state index contributed by atoms with van der Waals surface area (Å²) in [4.78, 5) is 11.2. The molecule has 0 bridgehead atoms. The van der Waals surface area contributed by atoms with E-state index in [0.29, 0.717) is 5.56 Å². The van der Waals surface area contributed by atoms with Crippen molar-refractivity contribution < 1.29 is 18.3 Å². The number of ketones is 1. The Labute approximate surface area is 87.6 Å². The molecule has 0 fully saturated rings. The average Bonchev–Trinajstić information content (AvgIpc) is 2.05. The van der Waals surface area contributed by atoms with E-state index in [1.807, 2.05) is 0 Å². The Hall–Kier alpha value is -1.40. The van der Waals surface area contributed by atoms with Crippen LogP contribution in [0.4, 0.5) is 0 Å². The lowest BCUT2D eigenvalue weighted by Crippen LogP contribution is -2.24. The first-order valence-electron chi connectivity index (χ1n) is 4.17. The summed E-state index contributed by atoms with van der Waals surface area (Å²) in [5.74, 6) is -1.03. The van der Waals surface area contributed by atoms with Crippen LogP contribution in [0, 0.1) is 0 Å². The van der Waals surface area contributed by atoms with Gasteiger partial charge in [-0.25, -0.2) is 13.6 Å². The smallest absolute Gasteiger partial charge is 0.216 e. The van der Waals surface area contributed by atoms with Crippen LogP contribution in [0.25, 0.3) is 0 Å². The maximum absolute atomic E-state index is 11.2. The molecule has 0 unspecified atom stereocenters. The van der Waals surface area contributed by atoms with Crippen molar-refractivity contribution in [2.24, 2.45) is 5.14 Å². The van der Waals surface area contributed by atoms with Gasteiger partial charge in [0.25, 0.3) is 0 Å². The topological polar surface area (TPSA) is 97.5 Å². The first-order valence-corrected chi connectivity index (χ1v) is 5.88. The van der Waals surface area contributed by atoms with Crippen molar-refractivity contribution in [1.82, 2.24) is 0 Å². The summed E-state index contributed by atoms with van der Waals surface area (Å²) in [7, 11) is -3.75. The molecule has 1 aromatic carbocycles. The monoisotopic (exact) mass is 229 g/mol. The molecule has 0 aliphatic heterocycles. The van der Waals surface area contributed by atoms with Gasteiger partial charge in [0, 0.05) is 6.42 Å². The largest absolute Gasteiger partial charge is 0.508 e. The number of hydrogen-bond donors (Lipinski definition) is 2. The number of aromatic hydroxyl groups is 1. The Bertz CT molecular complexity index is 450. The Balaban J connectivity index is 2.63. The molecule has 0 aliphatic rings. The fraction of sp³-hybridized carbons (Fsp3) is 0.222. The van der Waals surface area contributed by atoms with Crippen LogP contribution in [0.15, 0.2) is 24.3 Å². The maximum atomic E-state index is 11.2. The quantitative estimate of drug-likeness (QED) is 0.746. The van der Waals surface area contributed by atoms with Crippen molar-refractivity contribution >= 4 is 15.8 Å². The first kappa shape index (κ1) is 11.7. The number of nitrogens with two attached hydrogens (primary N) is 1. The number of phenols is 1. The van der Waals surface area contributed by atoms with Gasteiger partial charge >= 0.3 is 0 Å². The Kier molecular flexibility index (Phi) is 3.43. The van der Waals surface area contributed by atoms with Crippen molar-refractivity contribution in [3.05, 3.63) is 29.8 Å². The molecule has 5 nitrogen and oxygen atoms in total. The molecule has 1 aromatic rings. The second-order valence-electron chi connectivity index (χ2n) is 3.19. The number of benzene rings is 1. The number of rotatable bonds is 4. The van der Waals surface area contributed by atoms with Gasteiger partial charge in [0.2, 0.25) is 10.0 Å². The lowest BCUT2D eigenvalue weighted by molar-refractivity contribution is -0.116. The number of carbonyl (C=O) groups is 1. The summed E-state index contributed by atoms with van der Waals surface area (Å²) in [5.41, 5.74) is 0.640. The molecule has 0 radical (unpaired) electrons. The first-order chi connectivity index (χ1) is 6.87. The van der Waals surface area contributed by atoms with E-state index in [1.54, 1.807) is 12.1 Å². The van der Waals surface area contributed by atoms with Crippen LogP contribution in [-0.4, -0.2) is 25.1 Å². The fourth-order valence-electron chi connectivity index (χ4n) is 1.12. The fourth-order valence-corrected chi connectivity index (χ4v) is 1.67. The van der Waals surface area contributed by atoms with Crippen LogP contribution in [0.3, 0.4) is 0 Å². The molecule has 0 saturated carbocycles. The predicted molar refractivity (Wildman–Crippen MR) is 54.8 cm³/mol. The Morgan fingerprint density at radius 3 is 2.27 bits per heavy atom.